The van der Waals surface area contributed by atoms with Gasteiger partial charge < -0.3 is 14.2 Å². The van der Waals surface area contributed by atoms with Gasteiger partial charge >= 0.3 is 5.97 Å². The van der Waals surface area contributed by atoms with E-state index in [4.69, 9.17) is 14.2 Å². The number of hydrogen-bond donors (Lipinski definition) is 0. The van der Waals surface area contributed by atoms with Crippen molar-refractivity contribution < 1.29 is 19.0 Å². The number of benzene rings is 2. The summed E-state index contributed by atoms with van der Waals surface area (Å²) in [6, 6.07) is 11.3. The zero-order valence-corrected chi connectivity index (χ0v) is 12.7. The molecule has 0 spiro atoms. The third kappa shape index (κ3) is 3.06. The average molecular weight is 298 g/mol. The maximum atomic E-state index is 12.2. The van der Waals surface area contributed by atoms with Crippen LogP contribution in [0.3, 0.4) is 0 Å². The zero-order chi connectivity index (χ0) is 15.5. The third-order valence-electron chi connectivity index (χ3n) is 3.58. The van der Waals surface area contributed by atoms with Crippen LogP contribution in [0.25, 0.3) is 0 Å². The molecule has 0 amide bonds. The highest BCUT2D eigenvalue weighted by molar-refractivity contribution is 5.76. The van der Waals surface area contributed by atoms with Crippen LogP contribution in [0.5, 0.6) is 17.2 Å². The first-order valence-electron chi connectivity index (χ1n) is 7.29. The Kier molecular flexibility index (Phi) is 4.00. The van der Waals surface area contributed by atoms with E-state index in [2.05, 4.69) is 0 Å². The van der Waals surface area contributed by atoms with Gasteiger partial charge in [0.15, 0.2) is 11.5 Å². The van der Waals surface area contributed by atoms with Crippen LogP contribution in [0, 0.1) is 13.8 Å². The SMILES string of the molecule is Cc1cccc(C)c1OC(=O)Cc1ccc2c(c1)OCCO2. The van der Waals surface area contributed by atoms with Crippen LogP contribution in [-0.2, 0) is 11.2 Å². The number of hydrogen-bond acceptors (Lipinski definition) is 4. The van der Waals surface area contributed by atoms with E-state index in [0.29, 0.717) is 24.7 Å². The fraction of sp³-hybridized carbons (Fsp3) is 0.278. The number of rotatable bonds is 3. The van der Waals surface area contributed by atoms with Gasteiger partial charge in [0, 0.05) is 0 Å². The van der Waals surface area contributed by atoms with Gasteiger partial charge in [0.1, 0.15) is 19.0 Å². The Morgan fingerprint density at radius 2 is 1.73 bits per heavy atom. The van der Waals surface area contributed by atoms with E-state index in [1.807, 2.05) is 50.2 Å². The van der Waals surface area contributed by atoms with Crippen LogP contribution in [0.15, 0.2) is 36.4 Å². The number of para-hydroxylation sites is 1. The molecule has 4 heteroatoms. The van der Waals surface area contributed by atoms with Crippen LogP contribution < -0.4 is 14.2 Å². The molecule has 0 N–H and O–H groups in total. The molecule has 0 aromatic heterocycles. The topological polar surface area (TPSA) is 44.8 Å². The van der Waals surface area contributed by atoms with E-state index in [9.17, 15) is 4.79 Å². The Labute approximate surface area is 129 Å². The molecule has 2 aromatic carbocycles. The molecule has 1 heterocycles. The molecule has 0 unspecified atom stereocenters. The minimum absolute atomic E-state index is 0.199. The molecule has 0 saturated carbocycles. The summed E-state index contributed by atoms with van der Waals surface area (Å²) >= 11 is 0. The van der Waals surface area contributed by atoms with Gasteiger partial charge in [-0.05, 0) is 42.7 Å². The summed E-state index contributed by atoms with van der Waals surface area (Å²) in [6.45, 7) is 4.95. The first-order chi connectivity index (χ1) is 10.6. The summed E-state index contributed by atoms with van der Waals surface area (Å²) < 4.78 is 16.5. The quantitative estimate of drug-likeness (QED) is 0.644. The molecule has 3 rings (SSSR count). The molecule has 0 aliphatic carbocycles. The predicted molar refractivity (Wildman–Crippen MR) is 82.7 cm³/mol. The second-order valence-electron chi connectivity index (χ2n) is 5.35. The molecular weight excluding hydrogens is 280 g/mol. The van der Waals surface area contributed by atoms with Crippen molar-refractivity contribution in [2.24, 2.45) is 0 Å². The Morgan fingerprint density at radius 3 is 2.45 bits per heavy atom. The summed E-state index contributed by atoms with van der Waals surface area (Å²) in [5.74, 6) is 1.76. The molecule has 0 atom stereocenters. The Balaban J connectivity index is 1.72. The normalized spacial score (nSPS) is 12.8. The first kappa shape index (κ1) is 14.4. The summed E-state index contributed by atoms with van der Waals surface area (Å²) in [4.78, 5) is 12.2. The van der Waals surface area contributed by atoms with Gasteiger partial charge in [0.05, 0.1) is 6.42 Å². The summed E-state index contributed by atoms with van der Waals surface area (Å²) in [7, 11) is 0. The molecule has 114 valence electrons. The van der Waals surface area contributed by atoms with Crippen molar-refractivity contribution in [2.45, 2.75) is 20.3 Å². The minimum Gasteiger partial charge on any atom is -0.486 e. The summed E-state index contributed by atoms with van der Waals surface area (Å²) in [5.41, 5.74) is 2.76. The van der Waals surface area contributed by atoms with Gasteiger partial charge in [-0.3, -0.25) is 4.79 Å². The molecule has 1 aliphatic rings. The van der Waals surface area contributed by atoms with Crippen molar-refractivity contribution in [1.82, 2.24) is 0 Å². The smallest absolute Gasteiger partial charge is 0.315 e. The summed E-state index contributed by atoms with van der Waals surface area (Å²) in [6.07, 6.45) is 0.199. The van der Waals surface area contributed by atoms with Gasteiger partial charge in [-0.25, -0.2) is 0 Å². The fourth-order valence-electron chi connectivity index (χ4n) is 2.47. The second-order valence-corrected chi connectivity index (χ2v) is 5.35. The monoisotopic (exact) mass is 298 g/mol. The van der Waals surface area contributed by atoms with E-state index < -0.39 is 0 Å². The highest BCUT2D eigenvalue weighted by atomic mass is 16.6. The Morgan fingerprint density at radius 1 is 1.05 bits per heavy atom. The van der Waals surface area contributed by atoms with Gasteiger partial charge in [-0.2, -0.15) is 0 Å². The highest BCUT2D eigenvalue weighted by Gasteiger charge is 2.15. The number of carbonyl (C=O) groups excluding carboxylic acids is 1. The Hall–Kier alpha value is -2.49. The van der Waals surface area contributed by atoms with Crippen molar-refractivity contribution in [3.05, 3.63) is 53.1 Å². The minimum atomic E-state index is -0.283. The van der Waals surface area contributed by atoms with Gasteiger partial charge in [0.2, 0.25) is 0 Å². The van der Waals surface area contributed by atoms with Crippen molar-refractivity contribution in [3.8, 4) is 17.2 Å². The van der Waals surface area contributed by atoms with E-state index in [1.165, 1.54) is 0 Å². The molecule has 0 radical (unpaired) electrons. The maximum absolute atomic E-state index is 12.2. The largest absolute Gasteiger partial charge is 0.486 e. The van der Waals surface area contributed by atoms with Crippen LogP contribution in [0.1, 0.15) is 16.7 Å². The second kappa shape index (κ2) is 6.10. The van der Waals surface area contributed by atoms with E-state index in [1.54, 1.807) is 0 Å². The van der Waals surface area contributed by atoms with Crippen molar-refractivity contribution in [2.75, 3.05) is 13.2 Å². The predicted octanol–water partition coefficient (Wildman–Crippen LogP) is 3.22. The number of fused-ring (bicyclic) bond motifs is 1. The third-order valence-corrected chi connectivity index (χ3v) is 3.58. The van der Waals surface area contributed by atoms with Crippen molar-refractivity contribution in [3.63, 3.8) is 0 Å². The average Bonchev–Trinajstić information content (AvgIpc) is 2.51. The lowest BCUT2D eigenvalue weighted by Crippen LogP contribution is -2.16. The van der Waals surface area contributed by atoms with Gasteiger partial charge in [-0.1, -0.05) is 24.3 Å². The molecule has 2 aromatic rings. The lowest BCUT2D eigenvalue weighted by Gasteiger charge is -2.18. The van der Waals surface area contributed by atoms with Crippen LogP contribution in [-0.4, -0.2) is 19.2 Å². The Bertz CT molecular complexity index is 686. The van der Waals surface area contributed by atoms with Gasteiger partial charge in [-0.15, -0.1) is 0 Å². The molecule has 0 saturated heterocycles. The zero-order valence-electron chi connectivity index (χ0n) is 12.7. The molecule has 4 nitrogen and oxygen atoms in total. The van der Waals surface area contributed by atoms with Gasteiger partial charge in [0.25, 0.3) is 0 Å². The number of carbonyl (C=O) groups is 1. The molecule has 0 fully saturated rings. The number of esters is 1. The van der Waals surface area contributed by atoms with Crippen molar-refractivity contribution in [1.29, 1.82) is 0 Å². The number of aryl methyl sites for hydroxylation is 2. The lowest BCUT2D eigenvalue weighted by molar-refractivity contribution is -0.133. The molecule has 0 bridgehead atoms. The molecule has 1 aliphatic heterocycles. The van der Waals surface area contributed by atoms with E-state index >= 15 is 0 Å². The molecule has 22 heavy (non-hydrogen) atoms. The molecular formula is C18H18O4. The van der Waals surface area contributed by atoms with E-state index in [0.717, 1.165) is 22.4 Å². The maximum Gasteiger partial charge on any atom is 0.315 e. The van der Waals surface area contributed by atoms with Crippen molar-refractivity contribution >= 4 is 5.97 Å². The van der Waals surface area contributed by atoms with Crippen LogP contribution in [0.4, 0.5) is 0 Å². The standard InChI is InChI=1S/C18H18O4/c1-12-4-3-5-13(2)18(12)22-17(19)11-14-6-7-15-16(10-14)21-9-8-20-15/h3-7,10H,8-9,11H2,1-2H3. The first-order valence-corrected chi connectivity index (χ1v) is 7.29. The number of ether oxygens (including phenoxy) is 3. The fourth-order valence-corrected chi connectivity index (χ4v) is 2.47. The lowest BCUT2D eigenvalue weighted by atomic mass is 10.1. The van der Waals surface area contributed by atoms with E-state index in [-0.39, 0.29) is 12.4 Å². The van der Waals surface area contributed by atoms with Crippen LogP contribution >= 0.6 is 0 Å². The van der Waals surface area contributed by atoms with Crippen LogP contribution in [0.2, 0.25) is 0 Å². The highest BCUT2D eigenvalue weighted by Crippen LogP contribution is 2.31. The summed E-state index contributed by atoms with van der Waals surface area (Å²) in [5, 5.41) is 0.